The zero-order valence-electron chi connectivity index (χ0n) is 17.8. The molecule has 0 aliphatic heterocycles. The molecule has 6 nitrogen and oxygen atoms in total. The number of fused-ring (bicyclic) bond motifs is 1. The summed E-state index contributed by atoms with van der Waals surface area (Å²) in [5.41, 5.74) is -3.82. The lowest BCUT2D eigenvalue weighted by Gasteiger charge is -2.42. The summed E-state index contributed by atoms with van der Waals surface area (Å²) in [6.07, 6.45) is -3.86. The first-order valence-corrected chi connectivity index (χ1v) is 10.3. The predicted molar refractivity (Wildman–Crippen MR) is 112 cm³/mol. The van der Waals surface area contributed by atoms with Crippen LogP contribution in [0.2, 0.25) is 0 Å². The smallest absolute Gasteiger partial charge is 0.274 e. The molecule has 0 radical (unpaired) electrons. The lowest BCUT2D eigenvalue weighted by atomic mass is 9.76. The number of benzene rings is 1. The van der Waals surface area contributed by atoms with Gasteiger partial charge in [-0.25, -0.2) is 26.6 Å². The number of alkyl halides is 4. The Morgan fingerprint density at radius 2 is 1.76 bits per heavy atom. The Bertz CT molecular complexity index is 1330. The highest BCUT2D eigenvalue weighted by molar-refractivity contribution is 5.90. The van der Waals surface area contributed by atoms with Gasteiger partial charge in [0.05, 0.1) is 17.0 Å². The van der Waals surface area contributed by atoms with E-state index in [0.29, 0.717) is 6.42 Å². The van der Waals surface area contributed by atoms with Gasteiger partial charge in [-0.05, 0) is 26.2 Å². The molecule has 0 saturated heterocycles. The Labute approximate surface area is 184 Å². The molecular weight excluding hydrogens is 447 g/mol. The van der Waals surface area contributed by atoms with E-state index in [4.69, 9.17) is 0 Å². The molecule has 1 aliphatic carbocycles. The van der Waals surface area contributed by atoms with E-state index >= 15 is 0 Å². The molecule has 1 aliphatic rings. The first-order chi connectivity index (χ1) is 15.6. The summed E-state index contributed by atoms with van der Waals surface area (Å²) in [6.45, 7) is 1.51. The van der Waals surface area contributed by atoms with Gasteiger partial charge in [-0.3, -0.25) is 9.59 Å². The van der Waals surface area contributed by atoms with Crippen molar-refractivity contribution in [2.45, 2.75) is 50.6 Å². The van der Waals surface area contributed by atoms with E-state index in [1.807, 2.05) is 0 Å². The van der Waals surface area contributed by atoms with E-state index in [-0.39, 0.29) is 35.0 Å². The molecule has 33 heavy (non-hydrogen) atoms. The first kappa shape index (κ1) is 22.9. The van der Waals surface area contributed by atoms with Crippen LogP contribution in [0.4, 0.5) is 27.8 Å². The predicted octanol–water partition coefficient (Wildman–Crippen LogP) is 4.49. The second-order valence-electron chi connectivity index (χ2n) is 8.26. The van der Waals surface area contributed by atoms with Crippen LogP contribution in [0.1, 0.15) is 49.8 Å². The molecule has 11 heteroatoms. The average molecular weight is 468 g/mol. The molecule has 1 saturated carbocycles. The van der Waals surface area contributed by atoms with Crippen LogP contribution in [0.15, 0.2) is 40.1 Å². The molecule has 0 spiro atoms. The Balaban J connectivity index is 1.85. The van der Waals surface area contributed by atoms with Crippen LogP contribution in [0.25, 0.3) is 10.8 Å². The van der Waals surface area contributed by atoms with Crippen molar-refractivity contribution in [3.8, 4) is 0 Å². The van der Waals surface area contributed by atoms with Crippen LogP contribution in [0.5, 0.6) is 0 Å². The second-order valence-corrected chi connectivity index (χ2v) is 8.26. The first-order valence-electron chi connectivity index (χ1n) is 10.3. The van der Waals surface area contributed by atoms with Crippen molar-refractivity contribution in [2.24, 2.45) is 7.05 Å². The Morgan fingerprint density at radius 3 is 2.33 bits per heavy atom. The molecule has 2 aromatic heterocycles. The fourth-order valence-electron chi connectivity index (χ4n) is 4.23. The van der Waals surface area contributed by atoms with Gasteiger partial charge in [0.2, 0.25) is 0 Å². The number of halogens is 5. The van der Waals surface area contributed by atoms with E-state index in [1.54, 1.807) is 0 Å². The van der Waals surface area contributed by atoms with Crippen molar-refractivity contribution in [1.82, 2.24) is 14.3 Å². The number of hydrogen-bond donors (Lipinski definition) is 1. The van der Waals surface area contributed by atoms with Crippen LogP contribution >= 0.6 is 0 Å². The molecule has 0 unspecified atom stereocenters. The molecule has 0 bridgehead atoms. The minimum Gasteiger partial charge on any atom is -0.361 e. The van der Waals surface area contributed by atoms with Crippen molar-refractivity contribution in [1.29, 1.82) is 0 Å². The number of aromatic nitrogens is 3. The molecular formula is C22H21F5N4O2. The van der Waals surface area contributed by atoms with Gasteiger partial charge in [-0.2, -0.15) is 5.10 Å². The SMILES string of the molecule is C[C@@H](Nc1nn(C)c(=O)c2cc(=O)n(C3(C(F)F)CCC3)cc12)c1cccc(C(F)F)c1F. The van der Waals surface area contributed by atoms with Gasteiger partial charge in [0.25, 0.3) is 24.0 Å². The van der Waals surface area contributed by atoms with Crippen LogP contribution in [-0.2, 0) is 12.6 Å². The molecule has 2 heterocycles. The molecule has 4 rings (SSSR count). The third kappa shape index (κ3) is 3.68. The maximum atomic E-state index is 14.6. The largest absolute Gasteiger partial charge is 0.361 e. The molecule has 3 aromatic rings. The summed E-state index contributed by atoms with van der Waals surface area (Å²) in [5.74, 6) is -1.05. The number of pyridine rings is 1. The Morgan fingerprint density at radius 1 is 1.09 bits per heavy atom. The van der Waals surface area contributed by atoms with Crippen LogP contribution in [0.3, 0.4) is 0 Å². The van der Waals surface area contributed by atoms with Gasteiger partial charge in [-0.1, -0.05) is 18.2 Å². The molecule has 1 N–H and O–H groups in total. The van der Waals surface area contributed by atoms with Gasteiger partial charge in [0.1, 0.15) is 11.4 Å². The number of anilines is 1. The summed E-state index contributed by atoms with van der Waals surface area (Å²) >= 11 is 0. The minimum absolute atomic E-state index is 0.0268. The number of hydrogen-bond acceptors (Lipinski definition) is 4. The molecule has 1 aromatic carbocycles. The van der Waals surface area contributed by atoms with E-state index in [0.717, 1.165) is 21.4 Å². The van der Waals surface area contributed by atoms with E-state index < -0.39 is 46.9 Å². The van der Waals surface area contributed by atoms with Gasteiger partial charge in [0.15, 0.2) is 5.82 Å². The third-order valence-electron chi connectivity index (χ3n) is 6.30. The summed E-state index contributed by atoms with van der Waals surface area (Å²) in [4.78, 5) is 25.2. The lowest BCUT2D eigenvalue weighted by Crippen LogP contribution is -2.51. The highest BCUT2D eigenvalue weighted by Crippen LogP contribution is 2.43. The lowest BCUT2D eigenvalue weighted by molar-refractivity contribution is -0.0501. The average Bonchev–Trinajstić information content (AvgIpc) is 2.71. The fourth-order valence-corrected chi connectivity index (χ4v) is 4.23. The van der Waals surface area contributed by atoms with Crippen LogP contribution < -0.4 is 16.4 Å². The second kappa shape index (κ2) is 8.27. The molecule has 1 atom stereocenters. The molecule has 1 fully saturated rings. The standard InChI is InChI=1S/C22H21F5N4O2/c1-11(12-5-3-6-13(17(12)23)18(24)25)28-19-15-10-31(22(21(26)27)7-4-8-22)16(32)9-14(15)20(33)30(2)29-19/h3,5-6,9-11,18,21H,4,7-8H2,1-2H3,(H,28,29)/t11-/m1/s1. The Kier molecular flexibility index (Phi) is 5.75. The number of rotatable bonds is 6. The fraction of sp³-hybridized carbons (Fsp3) is 0.409. The highest BCUT2D eigenvalue weighted by atomic mass is 19.3. The molecule has 176 valence electrons. The molecule has 0 amide bonds. The number of nitrogens with one attached hydrogen (secondary N) is 1. The number of aryl methyl sites for hydroxylation is 1. The monoisotopic (exact) mass is 468 g/mol. The van der Waals surface area contributed by atoms with Crippen LogP contribution in [-0.4, -0.2) is 20.8 Å². The maximum absolute atomic E-state index is 14.6. The zero-order valence-corrected chi connectivity index (χ0v) is 17.8. The Hall–Kier alpha value is -3.24. The van der Waals surface area contributed by atoms with Crippen molar-refractivity contribution in [3.05, 3.63) is 68.1 Å². The normalized spacial score (nSPS) is 16.3. The third-order valence-corrected chi connectivity index (χ3v) is 6.30. The summed E-state index contributed by atoms with van der Waals surface area (Å²) in [6, 6.07) is 3.74. The zero-order chi connectivity index (χ0) is 24.1. The summed E-state index contributed by atoms with van der Waals surface area (Å²) in [7, 11) is 1.34. The van der Waals surface area contributed by atoms with Crippen LogP contribution in [0, 0.1) is 5.82 Å². The topological polar surface area (TPSA) is 68.9 Å². The van der Waals surface area contributed by atoms with Gasteiger partial charge in [0, 0.05) is 30.3 Å². The van der Waals surface area contributed by atoms with Gasteiger partial charge >= 0.3 is 0 Å². The van der Waals surface area contributed by atoms with E-state index in [1.165, 1.54) is 32.3 Å². The van der Waals surface area contributed by atoms with Crippen molar-refractivity contribution in [3.63, 3.8) is 0 Å². The highest BCUT2D eigenvalue weighted by Gasteiger charge is 2.47. The van der Waals surface area contributed by atoms with Crippen molar-refractivity contribution >= 4 is 16.6 Å². The van der Waals surface area contributed by atoms with Crippen molar-refractivity contribution in [2.75, 3.05) is 5.32 Å². The summed E-state index contributed by atoms with van der Waals surface area (Å²) in [5, 5.41) is 7.05. The number of nitrogens with zero attached hydrogens (tertiary/aromatic N) is 3. The van der Waals surface area contributed by atoms with E-state index in [2.05, 4.69) is 10.4 Å². The quantitative estimate of drug-likeness (QED) is 0.542. The minimum atomic E-state index is -3.00. The van der Waals surface area contributed by atoms with Crippen molar-refractivity contribution < 1.29 is 22.0 Å². The summed E-state index contributed by atoms with van der Waals surface area (Å²) < 4.78 is 70.4. The van der Waals surface area contributed by atoms with Gasteiger partial charge < -0.3 is 9.88 Å². The maximum Gasteiger partial charge on any atom is 0.274 e. The van der Waals surface area contributed by atoms with E-state index in [9.17, 15) is 31.5 Å². The van der Waals surface area contributed by atoms with Gasteiger partial charge in [-0.15, -0.1) is 0 Å².